The monoisotopic (exact) mass is 292 g/mol. The van der Waals surface area contributed by atoms with Gasteiger partial charge in [0.1, 0.15) is 5.60 Å². The molecule has 0 radical (unpaired) electrons. The van der Waals surface area contributed by atoms with E-state index in [0.29, 0.717) is 24.2 Å². The van der Waals surface area contributed by atoms with Crippen molar-refractivity contribution < 1.29 is 19.6 Å². The van der Waals surface area contributed by atoms with Crippen LogP contribution in [0.3, 0.4) is 0 Å². The summed E-state index contributed by atoms with van der Waals surface area (Å²) in [7, 11) is 0.364. The van der Waals surface area contributed by atoms with Gasteiger partial charge in [-0.25, -0.2) is 4.79 Å². The molecular formula is C14H21BN2O4. The molecule has 1 aromatic carbocycles. The molecule has 21 heavy (non-hydrogen) atoms. The first-order valence-corrected chi connectivity index (χ1v) is 6.91. The number of benzene rings is 1. The van der Waals surface area contributed by atoms with Gasteiger partial charge in [0.25, 0.3) is 0 Å². The third-order valence-electron chi connectivity index (χ3n) is 3.27. The Hall–Kier alpha value is -1.73. The van der Waals surface area contributed by atoms with Crippen LogP contribution >= 0.6 is 0 Å². The van der Waals surface area contributed by atoms with Gasteiger partial charge >= 0.3 is 13.2 Å². The van der Waals surface area contributed by atoms with Gasteiger partial charge in [-0.3, -0.25) is 4.90 Å². The molecule has 1 heterocycles. The normalized spacial score (nSPS) is 14.8. The molecule has 0 aromatic heterocycles. The van der Waals surface area contributed by atoms with Gasteiger partial charge in [0.2, 0.25) is 0 Å². The molecule has 1 aliphatic rings. The summed E-state index contributed by atoms with van der Waals surface area (Å²) >= 11 is 0. The highest BCUT2D eigenvalue weighted by molar-refractivity contribution is 6.58. The highest BCUT2D eigenvalue weighted by Gasteiger charge is 2.30. The third-order valence-corrected chi connectivity index (χ3v) is 3.27. The van der Waals surface area contributed by atoms with E-state index >= 15 is 0 Å². The van der Waals surface area contributed by atoms with Crippen LogP contribution in [0.2, 0.25) is 0 Å². The minimum atomic E-state index is -1.57. The summed E-state index contributed by atoms with van der Waals surface area (Å²) in [4.78, 5) is 15.9. The van der Waals surface area contributed by atoms with E-state index in [1.165, 1.54) is 4.90 Å². The Bertz CT molecular complexity index is 542. The minimum absolute atomic E-state index is 0.345. The lowest BCUT2D eigenvalue weighted by Gasteiger charge is -2.36. The first-order chi connectivity index (χ1) is 9.69. The number of rotatable bonds is 1. The molecule has 2 rings (SSSR count). The summed E-state index contributed by atoms with van der Waals surface area (Å²) in [5, 5.41) is 18.6. The Balaban J connectivity index is 2.37. The van der Waals surface area contributed by atoms with Gasteiger partial charge < -0.3 is 19.7 Å². The summed E-state index contributed by atoms with van der Waals surface area (Å²) in [5.41, 5.74) is 1.26. The van der Waals surface area contributed by atoms with Gasteiger partial charge in [-0.2, -0.15) is 0 Å². The van der Waals surface area contributed by atoms with Crippen LogP contribution in [0.5, 0.6) is 0 Å². The average Bonchev–Trinajstić information content (AvgIpc) is 2.36. The summed E-state index contributed by atoms with van der Waals surface area (Å²) in [6.45, 7) is 6.62. The molecule has 1 aromatic rings. The van der Waals surface area contributed by atoms with Crippen LogP contribution in [-0.4, -0.2) is 49.0 Å². The van der Waals surface area contributed by atoms with Crippen LogP contribution in [0.4, 0.5) is 16.2 Å². The molecule has 2 N–H and O–H groups in total. The number of fused-ring (bicyclic) bond motifs is 1. The summed E-state index contributed by atoms with van der Waals surface area (Å²) in [6, 6.07) is 5.03. The van der Waals surface area contributed by atoms with Gasteiger partial charge in [-0.15, -0.1) is 0 Å². The zero-order chi connectivity index (χ0) is 15.8. The van der Waals surface area contributed by atoms with Crippen LogP contribution in [0.1, 0.15) is 20.8 Å². The molecule has 6 nitrogen and oxygen atoms in total. The first kappa shape index (κ1) is 15.7. The van der Waals surface area contributed by atoms with Crippen LogP contribution < -0.4 is 15.3 Å². The van der Waals surface area contributed by atoms with Crippen LogP contribution in [0.25, 0.3) is 0 Å². The number of anilines is 2. The molecule has 0 atom stereocenters. The number of amides is 1. The maximum atomic E-state index is 12.3. The van der Waals surface area contributed by atoms with E-state index in [1.54, 1.807) is 18.2 Å². The van der Waals surface area contributed by atoms with Crippen molar-refractivity contribution in [2.75, 3.05) is 29.9 Å². The van der Waals surface area contributed by atoms with Crippen molar-refractivity contribution in [1.29, 1.82) is 0 Å². The van der Waals surface area contributed by atoms with E-state index < -0.39 is 18.8 Å². The second-order valence-corrected chi connectivity index (χ2v) is 6.18. The van der Waals surface area contributed by atoms with Crippen LogP contribution in [-0.2, 0) is 4.74 Å². The van der Waals surface area contributed by atoms with Crippen molar-refractivity contribution in [2.45, 2.75) is 26.4 Å². The van der Waals surface area contributed by atoms with E-state index in [0.717, 1.165) is 5.69 Å². The van der Waals surface area contributed by atoms with Crippen molar-refractivity contribution in [3.63, 3.8) is 0 Å². The van der Waals surface area contributed by atoms with Gasteiger partial charge in [0.05, 0.1) is 11.4 Å². The zero-order valence-electron chi connectivity index (χ0n) is 12.8. The van der Waals surface area contributed by atoms with Crippen molar-refractivity contribution >= 4 is 30.0 Å². The topological polar surface area (TPSA) is 73.2 Å². The lowest BCUT2D eigenvalue weighted by Crippen LogP contribution is -2.45. The Morgan fingerprint density at radius 3 is 2.48 bits per heavy atom. The Labute approximate surface area is 125 Å². The highest BCUT2D eigenvalue weighted by Crippen LogP contribution is 2.32. The maximum Gasteiger partial charge on any atom is 0.488 e. The molecule has 0 spiro atoms. The van der Waals surface area contributed by atoms with Crippen LogP contribution in [0, 0.1) is 0 Å². The molecule has 0 saturated carbocycles. The molecule has 1 aliphatic heterocycles. The van der Waals surface area contributed by atoms with Gasteiger partial charge in [0.15, 0.2) is 0 Å². The Morgan fingerprint density at radius 2 is 1.90 bits per heavy atom. The first-order valence-electron chi connectivity index (χ1n) is 6.91. The van der Waals surface area contributed by atoms with Crippen molar-refractivity contribution in [2.24, 2.45) is 0 Å². The van der Waals surface area contributed by atoms with Crippen molar-refractivity contribution in [3.8, 4) is 0 Å². The van der Waals surface area contributed by atoms with E-state index in [9.17, 15) is 14.8 Å². The predicted octanol–water partition coefficient (Wildman–Crippen LogP) is 0.558. The summed E-state index contributed by atoms with van der Waals surface area (Å²) in [6.07, 6.45) is -0.429. The van der Waals surface area contributed by atoms with Crippen molar-refractivity contribution in [3.05, 3.63) is 18.2 Å². The van der Waals surface area contributed by atoms with Gasteiger partial charge in [-0.1, -0.05) is 6.07 Å². The molecule has 0 fully saturated rings. The summed E-state index contributed by atoms with van der Waals surface area (Å²) < 4.78 is 5.41. The van der Waals surface area contributed by atoms with Gasteiger partial charge in [-0.05, 0) is 38.4 Å². The van der Waals surface area contributed by atoms with Crippen LogP contribution in [0.15, 0.2) is 18.2 Å². The number of carbonyl (C=O) groups is 1. The molecular weight excluding hydrogens is 271 g/mol. The van der Waals surface area contributed by atoms with E-state index in [-0.39, 0.29) is 0 Å². The fourth-order valence-electron chi connectivity index (χ4n) is 2.24. The Kier molecular flexibility index (Phi) is 4.16. The van der Waals surface area contributed by atoms with E-state index in [4.69, 9.17) is 4.74 Å². The van der Waals surface area contributed by atoms with E-state index in [2.05, 4.69) is 0 Å². The second-order valence-electron chi connectivity index (χ2n) is 6.18. The standard InChI is InChI=1S/C14H21BN2O4/c1-14(2,3)21-13(18)17-8-7-16(4)11-6-5-10(15(19)20)9-12(11)17/h5-6,9,19-20H,7-8H2,1-4H3. The number of carbonyl (C=O) groups excluding carboxylic acids is 1. The second kappa shape index (κ2) is 5.58. The predicted molar refractivity (Wildman–Crippen MR) is 83.1 cm³/mol. The average molecular weight is 292 g/mol. The molecule has 0 aliphatic carbocycles. The number of ether oxygens (including phenoxy) is 1. The number of hydrogen-bond acceptors (Lipinski definition) is 5. The molecule has 7 heteroatoms. The molecule has 0 bridgehead atoms. The number of nitrogens with zero attached hydrogens (tertiary/aromatic N) is 2. The largest absolute Gasteiger partial charge is 0.488 e. The quantitative estimate of drug-likeness (QED) is 0.740. The van der Waals surface area contributed by atoms with Gasteiger partial charge in [0, 0.05) is 20.1 Å². The minimum Gasteiger partial charge on any atom is -0.443 e. The van der Waals surface area contributed by atoms with Crippen molar-refractivity contribution in [1.82, 2.24) is 0 Å². The molecule has 1 amide bonds. The smallest absolute Gasteiger partial charge is 0.443 e. The SMILES string of the molecule is CN1CCN(C(=O)OC(C)(C)C)c2cc(B(O)O)ccc21. The number of likely N-dealkylation sites (N-methyl/N-ethyl adjacent to an activating group) is 1. The Morgan fingerprint density at radius 1 is 1.24 bits per heavy atom. The maximum absolute atomic E-state index is 12.3. The lowest BCUT2D eigenvalue weighted by atomic mass is 9.79. The highest BCUT2D eigenvalue weighted by atomic mass is 16.6. The zero-order valence-corrected chi connectivity index (χ0v) is 12.8. The molecule has 114 valence electrons. The van der Waals surface area contributed by atoms with E-state index in [1.807, 2.05) is 32.7 Å². The fraction of sp³-hybridized carbons (Fsp3) is 0.500. The third kappa shape index (κ3) is 3.48. The number of hydrogen-bond donors (Lipinski definition) is 2. The summed E-state index contributed by atoms with van der Waals surface area (Å²) in [5.74, 6) is 0. The fourth-order valence-corrected chi connectivity index (χ4v) is 2.24. The lowest BCUT2D eigenvalue weighted by molar-refractivity contribution is 0.0580. The molecule has 0 saturated heterocycles. The molecule has 0 unspecified atom stereocenters.